The molecule has 182 valence electrons. The molecule has 0 spiro atoms. The number of allylic oxidation sites excluding steroid dienone is 8. The number of carbonyl (C=O) groups excluding carboxylic acids is 3. The van der Waals surface area contributed by atoms with Gasteiger partial charge in [0, 0.05) is 38.1 Å². The highest BCUT2D eigenvalue weighted by Gasteiger charge is 2.37. The van der Waals surface area contributed by atoms with Gasteiger partial charge in [0.1, 0.15) is 0 Å². The van der Waals surface area contributed by atoms with Crippen LogP contribution in [-0.2, 0) is 0 Å². The third-order valence-corrected chi connectivity index (χ3v) is 5.10. The van der Waals surface area contributed by atoms with Crippen LogP contribution >= 0.6 is 0 Å². The van der Waals surface area contributed by atoms with Gasteiger partial charge in [-0.05, 0) is 55.3 Å². The fourth-order valence-corrected chi connectivity index (χ4v) is 3.10. The Labute approximate surface area is 204 Å². The topological polar surface area (TPSA) is 69.7 Å². The van der Waals surface area contributed by atoms with Gasteiger partial charge in [-0.2, -0.15) is 0 Å². The van der Waals surface area contributed by atoms with Gasteiger partial charge >= 0.3 is 0 Å². The minimum atomic E-state index is -0.499. The number of likely N-dealkylation sites (N-methyl/N-ethyl adjacent to an activating group) is 1. The zero-order valence-electron chi connectivity index (χ0n) is 19.2. The summed E-state index contributed by atoms with van der Waals surface area (Å²) in [5.41, 5.74) is 3.71. The Hall–Kier alpha value is -3.93. The molecule has 3 amide bonds. The van der Waals surface area contributed by atoms with E-state index in [0.29, 0.717) is 5.56 Å². The fourth-order valence-electron chi connectivity index (χ4n) is 3.10. The van der Waals surface area contributed by atoms with Crippen molar-refractivity contribution in [2.45, 2.75) is 28.7 Å². The molecule has 0 aromatic heterocycles. The van der Waals surface area contributed by atoms with Crippen LogP contribution in [0, 0.1) is 0 Å². The minimum Gasteiger partial charge on any atom is -0.378 e. The second-order valence-electron chi connectivity index (χ2n) is 7.32. The number of nitrogens with one attached hydrogen (secondary N) is 1. The van der Waals surface area contributed by atoms with E-state index in [9.17, 15) is 14.4 Å². The summed E-state index contributed by atoms with van der Waals surface area (Å²) in [7, 11) is 5.34. The highest BCUT2D eigenvalue weighted by Crippen LogP contribution is 2.27. The highest BCUT2D eigenvalue weighted by molar-refractivity contribution is 6.23. The molecule has 1 heterocycles. The van der Waals surface area contributed by atoms with Crippen LogP contribution < -0.4 is 5.32 Å². The lowest BCUT2D eigenvalue weighted by Gasteiger charge is -2.14. The molecule has 0 aliphatic carbocycles. The summed E-state index contributed by atoms with van der Waals surface area (Å²) in [5.74, 6) is -1.29. The van der Waals surface area contributed by atoms with Crippen molar-refractivity contribution < 1.29 is 14.4 Å². The number of imide groups is 1. The molecule has 34 heavy (non-hydrogen) atoms. The summed E-state index contributed by atoms with van der Waals surface area (Å²) in [6.45, 7) is 11.7. The zero-order chi connectivity index (χ0) is 24.0. The molecule has 6 heteroatoms. The predicted octanol–water partition coefficient (Wildman–Crippen LogP) is 5.51. The molecule has 0 saturated carbocycles. The molecule has 1 aliphatic heterocycles. The van der Waals surface area contributed by atoms with Crippen LogP contribution in [0.15, 0.2) is 90.4 Å². The Morgan fingerprint density at radius 3 is 1.94 bits per heavy atom. The van der Waals surface area contributed by atoms with Gasteiger partial charge in [-0.3, -0.25) is 14.4 Å². The van der Waals surface area contributed by atoms with Crippen LogP contribution in [0.4, 0.5) is 0 Å². The number of amides is 3. The normalized spacial score (nSPS) is 13.5. The summed E-state index contributed by atoms with van der Waals surface area (Å²) in [6, 6.07) is 4.45. The molecule has 0 bridgehead atoms. The number of fused-ring (bicyclic) bond motifs is 1. The van der Waals surface area contributed by atoms with Crippen molar-refractivity contribution in [1.29, 1.82) is 0 Å². The smallest absolute Gasteiger partial charge is 0.266 e. The molecular formula is C28H37N3O3. The van der Waals surface area contributed by atoms with Crippen LogP contribution in [0.1, 0.15) is 59.8 Å². The number of rotatable bonds is 8. The van der Waals surface area contributed by atoms with E-state index in [2.05, 4.69) is 18.5 Å². The van der Waals surface area contributed by atoms with Crippen LogP contribution in [0.5, 0.6) is 0 Å². The fraction of sp³-hybridized carbons (Fsp3) is 0.250. The maximum Gasteiger partial charge on any atom is 0.266 e. The van der Waals surface area contributed by atoms with Gasteiger partial charge in [0.05, 0.1) is 11.1 Å². The van der Waals surface area contributed by atoms with Crippen molar-refractivity contribution in [3.63, 3.8) is 0 Å². The maximum atomic E-state index is 12.9. The first-order valence-electron chi connectivity index (χ1n) is 10.1. The summed E-state index contributed by atoms with van der Waals surface area (Å²) < 4.78 is 0. The first kappa shape index (κ1) is 30.1. The maximum absolute atomic E-state index is 12.9. The molecule has 0 atom stereocenters. The Morgan fingerprint density at radius 2 is 1.44 bits per heavy atom. The van der Waals surface area contributed by atoms with E-state index in [0.717, 1.165) is 21.7 Å². The van der Waals surface area contributed by atoms with Crippen molar-refractivity contribution >= 4 is 17.7 Å². The van der Waals surface area contributed by atoms with Gasteiger partial charge < -0.3 is 10.2 Å². The number of hydrogen-bond donors (Lipinski definition) is 1. The molecule has 2 rings (SSSR count). The average molecular weight is 464 g/mol. The van der Waals surface area contributed by atoms with Crippen molar-refractivity contribution in [3.05, 3.63) is 107 Å². The van der Waals surface area contributed by atoms with Crippen molar-refractivity contribution in [1.82, 2.24) is 15.1 Å². The SMILES string of the molecule is C.C.C=C(\C=C/C(=C\C)C(/C=C\C(=C)N1C(=O)c2ccc(C(=O)NC)cc2C1=O)=C/C)N(C)C. The summed E-state index contributed by atoms with van der Waals surface area (Å²) in [6.07, 6.45) is 11.2. The van der Waals surface area contributed by atoms with E-state index >= 15 is 0 Å². The number of nitrogens with zero attached hydrogens (tertiary/aromatic N) is 2. The van der Waals surface area contributed by atoms with Gasteiger partial charge in [0.2, 0.25) is 0 Å². The molecule has 0 radical (unpaired) electrons. The average Bonchev–Trinajstić information content (AvgIpc) is 3.04. The summed E-state index contributed by atoms with van der Waals surface area (Å²) >= 11 is 0. The lowest BCUT2D eigenvalue weighted by atomic mass is 10.0. The van der Waals surface area contributed by atoms with E-state index in [1.807, 2.05) is 57.1 Å². The third-order valence-electron chi connectivity index (χ3n) is 5.10. The standard InChI is InChI=1S/C26H29N3O3.2CH4/c1-8-19(12-10-17(3)28(6)7)20(9-2)13-11-18(4)29-25(31)22-15-14-21(24(30)27-5)16-23(22)26(29)32;;/h8-16H,3-4H2,1-2,5-7H3,(H,27,30);2*1H4/b12-10-,13-11-,19-8+,20-9+;;. The highest BCUT2D eigenvalue weighted by atomic mass is 16.2. The lowest BCUT2D eigenvalue weighted by molar-refractivity contribution is 0.0710. The first-order chi connectivity index (χ1) is 15.2. The molecule has 0 saturated heterocycles. The summed E-state index contributed by atoms with van der Waals surface area (Å²) in [4.78, 5) is 40.5. The third kappa shape index (κ3) is 6.32. The van der Waals surface area contributed by atoms with Crippen molar-refractivity contribution in [3.8, 4) is 0 Å². The van der Waals surface area contributed by atoms with Crippen molar-refractivity contribution in [2.24, 2.45) is 0 Å². The predicted molar refractivity (Wildman–Crippen MR) is 142 cm³/mol. The monoisotopic (exact) mass is 463 g/mol. The molecule has 6 nitrogen and oxygen atoms in total. The van der Waals surface area contributed by atoms with E-state index in [1.165, 1.54) is 25.2 Å². The Balaban J connectivity index is 0.00000544. The van der Waals surface area contributed by atoms with Gasteiger partial charge in [0.25, 0.3) is 17.7 Å². The van der Waals surface area contributed by atoms with Gasteiger partial charge in [0.15, 0.2) is 0 Å². The van der Waals surface area contributed by atoms with Gasteiger partial charge in [-0.1, -0.05) is 52.3 Å². The second-order valence-corrected chi connectivity index (χ2v) is 7.32. The zero-order valence-corrected chi connectivity index (χ0v) is 19.2. The first-order valence-corrected chi connectivity index (χ1v) is 10.1. The number of benzene rings is 1. The number of carbonyl (C=O) groups is 3. The molecule has 1 aromatic rings. The van der Waals surface area contributed by atoms with Crippen LogP contribution in [0.3, 0.4) is 0 Å². The quantitative estimate of drug-likeness (QED) is 0.408. The molecule has 1 N–H and O–H groups in total. The minimum absolute atomic E-state index is 0. The van der Waals surface area contributed by atoms with Gasteiger partial charge in [-0.15, -0.1) is 0 Å². The van der Waals surface area contributed by atoms with Crippen LogP contribution in [0.25, 0.3) is 0 Å². The van der Waals surface area contributed by atoms with E-state index < -0.39 is 11.8 Å². The molecular weight excluding hydrogens is 426 g/mol. The second kappa shape index (κ2) is 12.9. The van der Waals surface area contributed by atoms with Gasteiger partial charge in [-0.25, -0.2) is 4.90 Å². The van der Waals surface area contributed by atoms with E-state index in [4.69, 9.17) is 0 Å². The van der Waals surface area contributed by atoms with Crippen molar-refractivity contribution in [2.75, 3.05) is 21.1 Å². The van der Waals surface area contributed by atoms with Crippen LogP contribution in [-0.4, -0.2) is 48.7 Å². The molecule has 0 unspecified atom stereocenters. The Bertz CT molecular complexity index is 1100. The Morgan fingerprint density at radius 1 is 0.912 bits per heavy atom. The largest absolute Gasteiger partial charge is 0.378 e. The number of hydrogen-bond acceptors (Lipinski definition) is 4. The lowest BCUT2D eigenvalue weighted by Crippen LogP contribution is -2.27. The van der Waals surface area contributed by atoms with E-state index in [1.54, 1.807) is 12.2 Å². The molecule has 1 aromatic carbocycles. The Kier molecular flexibility index (Phi) is 11.4. The van der Waals surface area contributed by atoms with Crippen LogP contribution in [0.2, 0.25) is 0 Å². The van der Waals surface area contributed by atoms with E-state index in [-0.39, 0.29) is 37.6 Å². The summed E-state index contributed by atoms with van der Waals surface area (Å²) in [5, 5.41) is 2.51. The molecule has 1 aliphatic rings. The molecule has 0 fully saturated rings.